The molecule has 1 fully saturated rings. The van der Waals surface area contributed by atoms with Crippen LogP contribution in [0.2, 0.25) is 0 Å². The van der Waals surface area contributed by atoms with Gasteiger partial charge in [0.2, 0.25) is 0 Å². The van der Waals surface area contributed by atoms with Crippen molar-refractivity contribution >= 4 is 0 Å². The highest BCUT2D eigenvalue weighted by atomic mass is 16.3. The van der Waals surface area contributed by atoms with Gasteiger partial charge in [-0.2, -0.15) is 0 Å². The third-order valence-electron chi connectivity index (χ3n) is 4.05. The van der Waals surface area contributed by atoms with Crippen LogP contribution in [-0.4, -0.2) is 23.8 Å². The Balaban J connectivity index is 2.40. The Morgan fingerprint density at radius 1 is 1.27 bits per heavy atom. The summed E-state index contributed by atoms with van der Waals surface area (Å²) in [6, 6.07) is 1.12. The molecule has 1 aliphatic rings. The molecule has 0 aliphatic heterocycles. The van der Waals surface area contributed by atoms with Gasteiger partial charge in [-0.1, -0.05) is 33.1 Å². The van der Waals surface area contributed by atoms with Gasteiger partial charge in [0.1, 0.15) is 0 Å². The standard InChI is InChI=1S/C13H27NO/c1-4-12-7-5-6-8-13(12)14-11(3)10(2)9-15/h10-15H,4-9H2,1-3H3. The van der Waals surface area contributed by atoms with E-state index in [1.807, 2.05) is 0 Å². The summed E-state index contributed by atoms with van der Waals surface area (Å²) in [7, 11) is 0. The van der Waals surface area contributed by atoms with Gasteiger partial charge >= 0.3 is 0 Å². The average molecular weight is 213 g/mol. The van der Waals surface area contributed by atoms with Crippen LogP contribution in [0.25, 0.3) is 0 Å². The van der Waals surface area contributed by atoms with Gasteiger partial charge in [-0.05, 0) is 31.6 Å². The van der Waals surface area contributed by atoms with Crippen LogP contribution in [0.1, 0.15) is 52.9 Å². The highest BCUT2D eigenvalue weighted by molar-refractivity contribution is 4.83. The maximum absolute atomic E-state index is 9.12. The summed E-state index contributed by atoms with van der Waals surface area (Å²) in [5, 5.41) is 12.8. The van der Waals surface area contributed by atoms with Gasteiger partial charge in [0.15, 0.2) is 0 Å². The molecule has 90 valence electrons. The number of aliphatic hydroxyl groups is 1. The minimum absolute atomic E-state index is 0.289. The Morgan fingerprint density at radius 2 is 1.93 bits per heavy atom. The number of nitrogens with one attached hydrogen (secondary N) is 1. The molecule has 1 aliphatic carbocycles. The monoisotopic (exact) mass is 213 g/mol. The van der Waals surface area contributed by atoms with Gasteiger partial charge in [-0.25, -0.2) is 0 Å². The van der Waals surface area contributed by atoms with E-state index in [-0.39, 0.29) is 6.61 Å². The van der Waals surface area contributed by atoms with Gasteiger partial charge in [-0.15, -0.1) is 0 Å². The Morgan fingerprint density at radius 3 is 2.53 bits per heavy atom. The maximum atomic E-state index is 9.12. The van der Waals surface area contributed by atoms with Crippen molar-refractivity contribution in [1.29, 1.82) is 0 Å². The first-order chi connectivity index (χ1) is 7.19. The number of aliphatic hydroxyl groups excluding tert-OH is 1. The van der Waals surface area contributed by atoms with Crippen molar-refractivity contribution in [3.05, 3.63) is 0 Å². The highest BCUT2D eigenvalue weighted by Gasteiger charge is 2.25. The minimum Gasteiger partial charge on any atom is -0.396 e. The third kappa shape index (κ3) is 3.76. The lowest BCUT2D eigenvalue weighted by Gasteiger charge is -2.35. The van der Waals surface area contributed by atoms with E-state index in [1.54, 1.807) is 0 Å². The summed E-state index contributed by atoms with van der Waals surface area (Å²) in [6.07, 6.45) is 6.77. The van der Waals surface area contributed by atoms with Crippen molar-refractivity contribution in [3.8, 4) is 0 Å². The molecule has 4 unspecified atom stereocenters. The molecular weight excluding hydrogens is 186 g/mol. The second kappa shape index (κ2) is 6.49. The molecule has 4 atom stereocenters. The van der Waals surface area contributed by atoms with Crippen LogP contribution >= 0.6 is 0 Å². The zero-order valence-corrected chi connectivity index (χ0v) is 10.5. The van der Waals surface area contributed by atoms with E-state index >= 15 is 0 Å². The largest absolute Gasteiger partial charge is 0.396 e. The molecule has 0 aromatic rings. The lowest BCUT2D eigenvalue weighted by Crippen LogP contribution is -2.46. The summed E-state index contributed by atoms with van der Waals surface area (Å²) in [6.45, 7) is 6.89. The lowest BCUT2D eigenvalue weighted by atomic mass is 9.82. The first kappa shape index (κ1) is 13.0. The van der Waals surface area contributed by atoms with Gasteiger partial charge in [0, 0.05) is 18.7 Å². The van der Waals surface area contributed by atoms with Gasteiger partial charge in [0.25, 0.3) is 0 Å². The third-order valence-corrected chi connectivity index (χ3v) is 4.05. The molecule has 0 spiro atoms. The summed E-state index contributed by atoms with van der Waals surface area (Å²) in [4.78, 5) is 0. The Hall–Kier alpha value is -0.0800. The van der Waals surface area contributed by atoms with E-state index in [0.29, 0.717) is 18.0 Å². The molecular formula is C13H27NO. The molecule has 1 saturated carbocycles. The minimum atomic E-state index is 0.289. The van der Waals surface area contributed by atoms with Crippen molar-refractivity contribution in [3.63, 3.8) is 0 Å². The van der Waals surface area contributed by atoms with Crippen molar-refractivity contribution in [2.75, 3.05) is 6.61 Å². The van der Waals surface area contributed by atoms with Crippen LogP contribution in [0.5, 0.6) is 0 Å². The summed E-state index contributed by atoms with van der Waals surface area (Å²) >= 11 is 0. The molecule has 2 nitrogen and oxygen atoms in total. The van der Waals surface area contributed by atoms with E-state index < -0.39 is 0 Å². The normalized spacial score (nSPS) is 31.2. The summed E-state index contributed by atoms with van der Waals surface area (Å²) in [5.74, 6) is 1.22. The van der Waals surface area contributed by atoms with Crippen molar-refractivity contribution in [2.24, 2.45) is 11.8 Å². The Labute approximate surface area is 94.5 Å². The van der Waals surface area contributed by atoms with Gasteiger partial charge in [-0.3, -0.25) is 0 Å². The fourth-order valence-electron chi connectivity index (χ4n) is 2.58. The topological polar surface area (TPSA) is 32.3 Å². The smallest absolute Gasteiger partial charge is 0.0471 e. The van der Waals surface area contributed by atoms with E-state index in [9.17, 15) is 0 Å². The van der Waals surface area contributed by atoms with E-state index in [2.05, 4.69) is 26.1 Å². The average Bonchev–Trinajstić information content (AvgIpc) is 2.28. The van der Waals surface area contributed by atoms with Crippen LogP contribution in [0, 0.1) is 11.8 Å². The molecule has 0 aromatic heterocycles. The van der Waals surface area contributed by atoms with Crippen molar-refractivity contribution in [2.45, 2.75) is 65.0 Å². The lowest BCUT2D eigenvalue weighted by molar-refractivity contribution is 0.174. The molecule has 0 heterocycles. The van der Waals surface area contributed by atoms with Crippen LogP contribution in [0.15, 0.2) is 0 Å². The molecule has 0 bridgehead atoms. The number of hydrogen-bond acceptors (Lipinski definition) is 2. The first-order valence-corrected chi connectivity index (χ1v) is 6.56. The van der Waals surface area contributed by atoms with Crippen LogP contribution in [-0.2, 0) is 0 Å². The van der Waals surface area contributed by atoms with Crippen molar-refractivity contribution < 1.29 is 5.11 Å². The predicted octanol–water partition coefficient (Wildman–Crippen LogP) is 2.56. The fourth-order valence-corrected chi connectivity index (χ4v) is 2.58. The highest BCUT2D eigenvalue weighted by Crippen LogP contribution is 2.27. The van der Waals surface area contributed by atoms with E-state index in [1.165, 1.54) is 32.1 Å². The summed E-state index contributed by atoms with van der Waals surface area (Å²) < 4.78 is 0. The molecule has 0 aromatic carbocycles. The molecule has 2 N–H and O–H groups in total. The Kier molecular flexibility index (Phi) is 5.62. The quantitative estimate of drug-likeness (QED) is 0.735. The van der Waals surface area contributed by atoms with Crippen LogP contribution < -0.4 is 5.32 Å². The second-order valence-electron chi connectivity index (χ2n) is 5.17. The molecule has 0 saturated heterocycles. The molecule has 0 radical (unpaired) electrons. The molecule has 2 heteroatoms. The molecule has 0 amide bonds. The van der Waals surface area contributed by atoms with Gasteiger partial charge in [0.05, 0.1) is 0 Å². The van der Waals surface area contributed by atoms with Crippen LogP contribution in [0.3, 0.4) is 0 Å². The van der Waals surface area contributed by atoms with E-state index in [0.717, 1.165) is 5.92 Å². The molecule has 1 rings (SSSR count). The number of hydrogen-bond donors (Lipinski definition) is 2. The summed E-state index contributed by atoms with van der Waals surface area (Å²) in [5.41, 5.74) is 0. The Bertz CT molecular complexity index is 172. The van der Waals surface area contributed by atoms with Gasteiger partial charge < -0.3 is 10.4 Å². The van der Waals surface area contributed by atoms with Crippen molar-refractivity contribution in [1.82, 2.24) is 5.32 Å². The van der Waals surface area contributed by atoms with Crippen LogP contribution in [0.4, 0.5) is 0 Å². The fraction of sp³-hybridized carbons (Fsp3) is 1.00. The SMILES string of the molecule is CCC1CCCCC1NC(C)C(C)CO. The molecule has 15 heavy (non-hydrogen) atoms. The second-order valence-corrected chi connectivity index (χ2v) is 5.17. The number of rotatable bonds is 5. The first-order valence-electron chi connectivity index (χ1n) is 6.56. The zero-order valence-electron chi connectivity index (χ0n) is 10.5. The maximum Gasteiger partial charge on any atom is 0.0471 e. The van der Waals surface area contributed by atoms with E-state index in [4.69, 9.17) is 5.11 Å². The zero-order chi connectivity index (χ0) is 11.3. The predicted molar refractivity (Wildman–Crippen MR) is 64.9 cm³/mol.